The van der Waals surface area contributed by atoms with Crippen molar-refractivity contribution in [2.24, 2.45) is 17.8 Å². The van der Waals surface area contributed by atoms with Crippen LogP contribution < -0.4 is 10.2 Å². The maximum Gasteiger partial charge on any atom is 0.317 e. The zero-order valence-electron chi connectivity index (χ0n) is 16.2. The molecule has 3 fully saturated rings. The number of aliphatic hydroxyl groups is 2. The zero-order valence-corrected chi connectivity index (χ0v) is 17.0. The Morgan fingerprint density at radius 2 is 1.85 bits per heavy atom. The van der Waals surface area contributed by atoms with E-state index in [4.69, 9.17) is 10.2 Å². The van der Waals surface area contributed by atoms with Gasteiger partial charge in [0.1, 0.15) is 0 Å². The Bertz CT molecular complexity index is 627. The maximum absolute atomic E-state index is 12.5. The number of carbonyl (C=O) groups is 1. The second kappa shape index (κ2) is 9.17. The molecule has 3 saturated heterocycles. The number of carbonyl (C=O) groups excluding carboxylic acids is 1. The molecule has 0 aliphatic carbocycles. The molecule has 0 aromatic heterocycles. The third-order valence-electron chi connectivity index (χ3n) is 6.08. The molecular formula is C20H31N3O3S. The number of nitrogens with zero attached hydrogens (tertiary/aromatic N) is 2. The quantitative estimate of drug-likeness (QED) is 0.643. The summed E-state index contributed by atoms with van der Waals surface area (Å²) in [7, 11) is 0. The molecule has 6 nitrogen and oxygen atoms in total. The minimum atomic E-state index is -0.0713. The van der Waals surface area contributed by atoms with Gasteiger partial charge in [-0.15, -0.1) is 11.8 Å². The highest BCUT2D eigenvalue weighted by Gasteiger charge is 2.44. The van der Waals surface area contributed by atoms with Gasteiger partial charge in [-0.3, -0.25) is 0 Å². The van der Waals surface area contributed by atoms with Crippen molar-refractivity contribution in [3.8, 4) is 0 Å². The summed E-state index contributed by atoms with van der Waals surface area (Å²) in [6, 6.07) is 8.77. The van der Waals surface area contributed by atoms with E-state index in [0.29, 0.717) is 36.6 Å². The number of hydrogen-bond acceptors (Lipinski definition) is 5. The highest BCUT2D eigenvalue weighted by Crippen LogP contribution is 2.39. The molecule has 7 heteroatoms. The number of nitrogens with one attached hydrogen (secondary N) is 1. The summed E-state index contributed by atoms with van der Waals surface area (Å²) in [6.45, 7) is 7.49. The van der Waals surface area contributed by atoms with Crippen LogP contribution in [0.25, 0.3) is 0 Å². The van der Waals surface area contributed by atoms with Crippen LogP contribution >= 0.6 is 11.8 Å². The number of anilines is 1. The maximum atomic E-state index is 12.5. The van der Waals surface area contributed by atoms with Crippen LogP contribution in [-0.2, 0) is 0 Å². The third-order valence-corrected chi connectivity index (χ3v) is 7.07. The van der Waals surface area contributed by atoms with Crippen molar-refractivity contribution >= 4 is 23.5 Å². The summed E-state index contributed by atoms with van der Waals surface area (Å²) >= 11 is 1.66. The third kappa shape index (κ3) is 4.52. The van der Waals surface area contributed by atoms with Gasteiger partial charge in [0.15, 0.2) is 0 Å². The molecule has 4 atom stereocenters. The molecule has 3 N–H and O–H groups in total. The molecular weight excluding hydrogens is 362 g/mol. The van der Waals surface area contributed by atoms with Crippen LogP contribution in [0, 0.1) is 17.8 Å². The minimum Gasteiger partial charge on any atom is -0.396 e. The Balaban J connectivity index is 1.77. The lowest BCUT2D eigenvalue weighted by Gasteiger charge is -2.45. The Morgan fingerprint density at radius 1 is 1.11 bits per heavy atom. The van der Waals surface area contributed by atoms with Gasteiger partial charge < -0.3 is 25.3 Å². The molecule has 2 bridgehead atoms. The van der Waals surface area contributed by atoms with Crippen molar-refractivity contribution in [2.45, 2.75) is 24.8 Å². The van der Waals surface area contributed by atoms with Gasteiger partial charge >= 0.3 is 6.03 Å². The lowest BCUT2D eigenvalue weighted by Crippen LogP contribution is -2.52. The number of hydrogen-bond donors (Lipinski definition) is 3. The van der Waals surface area contributed by atoms with Gasteiger partial charge in [0, 0.05) is 48.6 Å². The molecule has 3 aliphatic rings. The van der Waals surface area contributed by atoms with E-state index in [1.807, 2.05) is 4.90 Å². The molecule has 4 rings (SSSR count). The summed E-state index contributed by atoms with van der Waals surface area (Å²) in [5.74, 6) is 2.21. The van der Waals surface area contributed by atoms with Gasteiger partial charge in [-0.05, 0) is 42.0 Å². The molecule has 0 saturated carbocycles. The van der Waals surface area contributed by atoms with Crippen LogP contribution in [0.1, 0.15) is 13.8 Å². The van der Waals surface area contributed by atoms with E-state index in [2.05, 4.69) is 48.3 Å². The first kappa shape index (κ1) is 20.3. The van der Waals surface area contributed by atoms with E-state index in [-0.39, 0.29) is 25.3 Å². The topological polar surface area (TPSA) is 76.0 Å². The number of urea groups is 1. The molecule has 2 unspecified atom stereocenters. The van der Waals surface area contributed by atoms with E-state index in [0.717, 1.165) is 13.1 Å². The first-order valence-electron chi connectivity index (χ1n) is 9.79. The SMILES string of the molecule is CC1C(C)[C@H]2CN(C(=O)NCCO)C[C@@H]1CN2c1ccc(SCCO)cc1. The summed E-state index contributed by atoms with van der Waals surface area (Å²) in [4.78, 5) is 18.1. The number of fused-ring (bicyclic) bond motifs is 4. The Morgan fingerprint density at radius 3 is 2.52 bits per heavy atom. The fourth-order valence-electron chi connectivity index (χ4n) is 4.32. The van der Waals surface area contributed by atoms with Crippen LogP contribution in [-0.4, -0.2) is 72.3 Å². The zero-order chi connectivity index (χ0) is 19.4. The predicted molar refractivity (Wildman–Crippen MR) is 109 cm³/mol. The van der Waals surface area contributed by atoms with Crippen molar-refractivity contribution in [1.82, 2.24) is 10.2 Å². The number of thioether (sulfide) groups is 1. The minimum absolute atomic E-state index is 0.0357. The summed E-state index contributed by atoms with van der Waals surface area (Å²) in [5.41, 5.74) is 1.20. The largest absolute Gasteiger partial charge is 0.396 e. The Labute approximate surface area is 165 Å². The molecule has 0 radical (unpaired) electrons. The summed E-state index contributed by atoms with van der Waals surface area (Å²) < 4.78 is 0. The average molecular weight is 394 g/mol. The summed E-state index contributed by atoms with van der Waals surface area (Å²) in [6.07, 6.45) is 0. The van der Waals surface area contributed by atoms with E-state index >= 15 is 0 Å². The van der Waals surface area contributed by atoms with Crippen molar-refractivity contribution < 1.29 is 15.0 Å². The van der Waals surface area contributed by atoms with E-state index in [1.165, 1.54) is 10.6 Å². The van der Waals surface area contributed by atoms with Gasteiger partial charge in [-0.2, -0.15) is 0 Å². The van der Waals surface area contributed by atoms with Crippen molar-refractivity contribution in [2.75, 3.05) is 50.0 Å². The monoisotopic (exact) mass is 393 g/mol. The number of amides is 2. The molecule has 2 amide bonds. The van der Waals surface area contributed by atoms with E-state index < -0.39 is 0 Å². The van der Waals surface area contributed by atoms with Gasteiger partial charge in [-0.25, -0.2) is 4.79 Å². The van der Waals surface area contributed by atoms with Crippen LogP contribution in [0.5, 0.6) is 0 Å². The van der Waals surface area contributed by atoms with Crippen LogP contribution in [0.2, 0.25) is 0 Å². The van der Waals surface area contributed by atoms with E-state index in [9.17, 15) is 4.79 Å². The lowest BCUT2D eigenvalue weighted by molar-refractivity contribution is 0.187. The average Bonchev–Trinajstić information content (AvgIpc) is 2.96. The second-order valence-corrected chi connectivity index (χ2v) is 8.79. The van der Waals surface area contributed by atoms with Gasteiger partial charge in [0.2, 0.25) is 0 Å². The molecule has 27 heavy (non-hydrogen) atoms. The molecule has 150 valence electrons. The Hall–Kier alpha value is -1.44. The first-order chi connectivity index (χ1) is 13.0. The highest BCUT2D eigenvalue weighted by molar-refractivity contribution is 7.99. The summed E-state index contributed by atoms with van der Waals surface area (Å²) in [5, 5.41) is 20.8. The van der Waals surface area contributed by atoms with Crippen LogP contribution in [0.15, 0.2) is 29.2 Å². The number of aliphatic hydroxyl groups excluding tert-OH is 2. The van der Waals surface area contributed by atoms with Gasteiger partial charge in [0.05, 0.1) is 13.2 Å². The molecule has 3 aliphatic heterocycles. The number of rotatable bonds is 6. The van der Waals surface area contributed by atoms with Crippen molar-refractivity contribution in [3.63, 3.8) is 0 Å². The van der Waals surface area contributed by atoms with Gasteiger partial charge in [-0.1, -0.05) is 13.8 Å². The number of benzene rings is 1. The van der Waals surface area contributed by atoms with Crippen molar-refractivity contribution in [1.29, 1.82) is 0 Å². The standard InChI is InChI=1S/C20H31N3O3S/c1-14-15(2)19-13-22(20(26)21-7-8-24)11-16(14)12-23(19)17-3-5-18(6-4-17)27-10-9-25/h3-6,14-16,19,24-25H,7-13H2,1-2H3,(H,21,26)/t14?,15?,16-,19-/m1/s1. The number of piperidine rings is 1. The second-order valence-electron chi connectivity index (χ2n) is 7.62. The normalized spacial score (nSPS) is 27.6. The smallest absolute Gasteiger partial charge is 0.317 e. The fraction of sp³-hybridized carbons (Fsp3) is 0.650. The first-order valence-corrected chi connectivity index (χ1v) is 10.8. The van der Waals surface area contributed by atoms with E-state index in [1.54, 1.807) is 11.8 Å². The molecule has 3 heterocycles. The molecule has 1 aromatic carbocycles. The predicted octanol–water partition coefficient (Wildman–Crippen LogP) is 1.87. The van der Waals surface area contributed by atoms with Crippen LogP contribution in [0.3, 0.4) is 0 Å². The molecule has 1 aromatic rings. The fourth-order valence-corrected chi connectivity index (χ4v) is 4.98. The highest BCUT2D eigenvalue weighted by atomic mass is 32.2. The lowest BCUT2D eigenvalue weighted by atomic mass is 9.76. The Kier molecular flexibility index (Phi) is 6.89. The van der Waals surface area contributed by atoms with Gasteiger partial charge in [0.25, 0.3) is 0 Å². The van der Waals surface area contributed by atoms with Crippen molar-refractivity contribution in [3.05, 3.63) is 24.3 Å². The van der Waals surface area contributed by atoms with Crippen LogP contribution in [0.4, 0.5) is 10.5 Å². The molecule has 0 spiro atoms.